The number of benzene rings is 1. The van der Waals surface area contributed by atoms with Crippen LogP contribution in [0.1, 0.15) is 16.1 Å². The van der Waals surface area contributed by atoms with E-state index in [1.807, 2.05) is 30.3 Å². The summed E-state index contributed by atoms with van der Waals surface area (Å²) in [5.74, 6) is -0.667. The van der Waals surface area contributed by atoms with Gasteiger partial charge >= 0.3 is 0 Å². The molecule has 0 atom stereocenters. The van der Waals surface area contributed by atoms with E-state index in [2.05, 4.69) is 10.3 Å². The molecule has 1 aromatic carbocycles. The van der Waals surface area contributed by atoms with E-state index in [9.17, 15) is 4.79 Å². The fraction of sp³-hybridized carbons (Fsp3) is 0.100. The molecule has 0 unspecified atom stereocenters. The summed E-state index contributed by atoms with van der Waals surface area (Å²) in [6, 6.07) is 9.68. The fourth-order valence-electron chi connectivity index (χ4n) is 1.31. The summed E-state index contributed by atoms with van der Waals surface area (Å²) in [6.07, 6.45) is 1.47. The highest BCUT2D eigenvalue weighted by Gasteiger charge is 2.09. The van der Waals surface area contributed by atoms with E-state index in [1.54, 1.807) is 0 Å². The molecule has 0 aliphatic heterocycles. The highest BCUT2D eigenvalue weighted by atomic mass is 16.5. The normalized spacial score (nSPS) is 10.1. The summed E-state index contributed by atoms with van der Waals surface area (Å²) in [4.78, 5) is 11.0. The Labute approximate surface area is 91.5 Å². The van der Waals surface area contributed by atoms with E-state index in [0.717, 1.165) is 5.56 Å². The van der Waals surface area contributed by atoms with E-state index in [1.165, 1.54) is 16.4 Å². The number of hydrogen-bond donors (Lipinski definition) is 2. The summed E-state index contributed by atoms with van der Waals surface area (Å²) in [7, 11) is 0. The number of hydrogen-bond acceptors (Lipinski definition) is 4. The topological polar surface area (TPSA) is 80.0 Å². The molecule has 0 aliphatic rings. The first-order chi connectivity index (χ1) is 7.79. The van der Waals surface area contributed by atoms with Crippen molar-refractivity contribution in [2.45, 2.75) is 6.54 Å². The van der Waals surface area contributed by atoms with Gasteiger partial charge in [0.2, 0.25) is 0 Å². The number of carbonyl (C=O) groups is 1. The minimum Gasteiger partial charge on any atom is -0.288 e. The van der Waals surface area contributed by atoms with Crippen LogP contribution in [-0.4, -0.2) is 26.1 Å². The largest absolute Gasteiger partial charge is 0.296 e. The molecule has 0 fully saturated rings. The Morgan fingerprint density at radius 2 is 2.12 bits per heavy atom. The van der Waals surface area contributed by atoms with Crippen molar-refractivity contribution in [3.05, 3.63) is 47.8 Å². The zero-order valence-corrected chi connectivity index (χ0v) is 8.37. The van der Waals surface area contributed by atoms with Crippen LogP contribution in [0.3, 0.4) is 0 Å². The minimum atomic E-state index is -0.667. The van der Waals surface area contributed by atoms with Gasteiger partial charge in [0.1, 0.15) is 0 Å². The molecule has 0 radical (unpaired) electrons. The lowest BCUT2D eigenvalue weighted by Gasteiger charge is -1.99. The maximum atomic E-state index is 11.0. The van der Waals surface area contributed by atoms with Crippen LogP contribution in [0.15, 0.2) is 36.5 Å². The van der Waals surface area contributed by atoms with Gasteiger partial charge in [0.15, 0.2) is 5.69 Å². The maximum absolute atomic E-state index is 11.0. The Hall–Kier alpha value is -2.21. The standard InChI is InChI=1S/C10H10N4O2/c15-10(12-16)9-7-14(13-11-9)6-8-4-2-1-3-5-8/h1-5,7,16H,6H2,(H,12,15). The third kappa shape index (κ3) is 2.23. The quantitative estimate of drug-likeness (QED) is 0.579. The molecule has 0 saturated heterocycles. The lowest BCUT2D eigenvalue weighted by Crippen LogP contribution is -2.18. The number of aromatic nitrogens is 3. The summed E-state index contributed by atoms with van der Waals surface area (Å²) >= 11 is 0. The van der Waals surface area contributed by atoms with Crippen LogP contribution in [-0.2, 0) is 6.54 Å². The Morgan fingerprint density at radius 3 is 2.81 bits per heavy atom. The van der Waals surface area contributed by atoms with Gasteiger partial charge in [0.05, 0.1) is 12.7 Å². The van der Waals surface area contributed by atoms with E-state index in [-0.39, 0.29) is 5.69 Å². The average Bonchev–Trinajstić information content (AvgIpc) is 2.78. The molecule has 1 amide bonds. The van der Waals surface area contributed by atoms with Crippen LogP contribution in [0.4, 0.5) is 0 Å². The lowest BCUT2D eigenvalue weighted by molar-refractivity contribution is 0.0700. The highest BCUT2D eigenvalue weighted by molar-refractivity contribution is 5.90. The van der Waals surface area contributed by atoms with Gasteiger partial charge in [-0.2, -0.15) is 0 Å². The molecule has 0 bridgehead atoms. The molecular weight excluding hydrogens is 208 g/mol. The summed E-state index contributed by atoms with van der Waals surface area (Å²) in [6.45, 7) is 0.534. The Bertz CT molecular complexity index is 481. The first-order valence-corrected chi connectivity index (χ1v) is 4.68. The van der Waals surface area contributed by atoms with Crippen molar-refractivity contribution in [2.24, 2.45) is 0 Å². The van der Waals surface area contributed by atoms with Gasteiger partial charge in [0, 0.05) is 0 Å². The number of nitrogens with one attached hydrogen (secondary N) is 1. The summed E-state index contributed by atoms with van der Waals surface area (Å²) in [5.41, 5.74) is 2.64. The predicted octanol–water partition coefficient (Wildman–Crippen LogP) is 0.445. The third-order valence-electron chi connectivity index (χ3n) is 2.06. The second-order valence-corrected chi connectivity index (χ2v) is 3.23. The van der Waals surface area contributed by atoms with Crippen molar-refractivity contribution < 1.29 is 10.0 Å². The molecule has 2 aromatic rings. The smallest absolute Gasteiger partial charge is 0.288 e. The van der Waals surface area contributed by atoms with Crippen molar-refractivity contribution >= 4 is 5.91 Å². The second-order valence-electron chi connectivity index (χ2n) is 3.23. The summed E-state index contributed by atoms with van der Waals surface area (Å²) < 4.78 is 1.53. The summed E-state index contributed by atoms with van der Waals surface area (Å²) in [5, 5.41) is 15.8. The molecule has 6 nitrogen and oxygen atoms in total. The van der Waals surface area contributed by atoms with E-state index >= 15 is 0 Å². The second kappa shape index (κ2) is 4.54. The minimum absolute atomic E-state index is 0.0819. The van der Waals surface area contributed by atoms with Crippen molar-refractivity contribution in [3.8, 4) is 0 Å². The molecular formula is C10H10N4O2. The van der Waals surface area contributed by atoms with E-state index < -0.39 is 5.91 Å². The third-order valence-corrected chi connectivity index (χ3v) is 2.06. The van der Waals surface area contributed by atoms with Gasteiger partial charge in [-0.1, -0.05) is 35.5 Å². The molecule has 0 saturated carbocycles. The molecule has 1 aromatic heterocycles. The van der Waals surface area contributed by atoms with Gasteiger partial charge in [-0.3, -0.25) is 10.0 Å². The molecule has 0 aliphatic carbocycles. The number of carbonyl (C=O) groups excluding carboxylic acids is 1. The molecule has 0 spiro atoms. The first kappa shape index (κ1) is 10.3. The Balaban J connectivity index is 2.12. The van der Waals surface area contributed by atoms with Crippen LogP contribution in [0.25, 0.3) is 0 Å². The number of rotatable bonds is 3. The highest BCUT2D eigenvalue weighted by Crippen LogP contribution is 2.01. The van der Waals surface area contributed by atoms with Gasteiger partial charge in [-0.15, -0.1) is 5.10 Å². The predicted molar refractivity (Wildman–Crippen MR) is 54.8 cm³/mol. The van der Waals surface area contributed by atoms with Crippen molar-refractivity contribution in [2.75, 3.05) is 0 Å². The van der Waals surface area contributed by atoms with Gasteiger partial charge in [-0.25, -0.2) is 10.2 Å². The van der Waals surface area contributed by atoms with Crippen LogP contribution in [0.5, 0.6) is 0 Å². The maximum Gasteiger partial charge on any atom is 0.296 e. The fourth-order valence-corrected chi connectivity index (χ4v) is 1.31. The Morgan fingerprint density at radius 1 is 1.38 bits per heavy atom. The van der Waals surface area contributed by atoms with E-state index in [4.69, 9.17) is 5.21 Å². The molecule has 1 heterocycles. The molecule has 2 rings (SSSR count). The van der Waals surface area contributed by atoms with Crippen LogP contribution >= 0.6 is 0 Å². The van der Waals surface area contributed by atoms with Gasteiger partial charge in [-0.05, 0) is 5.56 Å². The van der Waals surface area contributed by atoms with Crippen molar-refractivity contribution in [3.63, 3.8) is 0 Å². The van der Waals surface area contributed by atoms with Crippen LogP contribution < -0.4 is 5.48 Å². The van der Waals surface area contributed by atoms with Gasteiger partial charge in [0.25, 0.3) is 5.91 Å². The lowest BCUT2D eigenvalue weighted by atomic mass is 10.2. The first-order valence-electron chi connectivity index (χ1n) is 4.68. The Kier molecular flexibility index (Phi) is 2.93. The zero-order valence-electron chi connectivity index (χ0n) is 8.37. The van der Waals surface area contributed by atoms with Crippen LogP contribution in [0, 0.1) is 0 Å². The van der Waals surface area contributed by atoms with Crippen molar-refractivity contribution in [1.29, 1.82) is 0 Å². The van der Waals surface area contributed by atoms with Crippen LogP contribution in [0.2, 0.25) is 0 Å². The number of hydroxylamine groups is 1. The van der Waals surface area contributed by atoms with Gasteiger partial charge < -0.3 is 0 Å². The number of amides is 1. The SMILES string of the molecule is O=C(NO)c1cn(Cc2ccccc2)nn1. The molecule has 82 valence electrons. The number of nitrogens with zero attached hydrogens (tertiary/aromatic N) is 3. The molecule has 6 heteroatoms. The van der Waals surface area contributed by atoms with E-state index in [0.29, 0.717) is 6.54 Å². The molecule has 16 heavy (non-hydrogen) atoms. The zero-order chi connectivity index (χ0) is 11.4. The monoisotopic (exact) mass is 218 g/mol. The average molecular weight is 218 g/mol. The van der Waals surface area contributed by atoms with Crippen molar-refractivity contribution in [1.82, 2.24) is 20.5 Å². The molecule has 2 N–H and O–H groups in total.